The lowest BCUT2D eigenvalue weighted by atomic mass is 10.2. The third-order valence-electron chi connectivity index (χ3n) is 0.438. The third kappa shape index (κ3) is 4.74. The first kappa shape index (κ1) is 6.74. The van der Waals surface area contributed by atoms with E-state index < -0.39 is 0 Å². The lowest BCUT2D eigenvalue weighted by molar-refractivity contribution is 1.92. The molecule has 0 aromatic rings. The van der Waals surface area contributed by atoms with Gasteiger partial charge in [0, 0.05) is 0 Å². The van der Waals surface area contributed by atoms with Crippen LogP contribution in [0.2, 0.25) is 0 Å². The fraction of sp³-hybridized carbons (Fsp3) is 0.143. The molecular weight excluding hydrogens is 94.9 g/mol. The van der Waals surface area contributed by atoms with E-state index in [0.717, 1.165) is 0 Å². The first-order chi connectivity index (χ1) is 3.91. The van der Waals surface area contributed by atoms with E-state index in [9.17, 15) is 0 Å². The molecule has 0 saturated carbocycles. The summed E-state index contributed by atoms with van der Waals surface area (Å²) in [7, 11) is 1.74. The maximum Gasteiger partial charge on any atom is 0.196 e. The largest absolute Gasteiger partial charge is 0.196 e. The van der Waals surface area contributed by atoms with Crippen LogP contribution in [0.1, 0.15) is 6.92 Å². The fourth-order valence-electron chi connectivity index (χ4n) is 0.188. The van der Waals surface area contributed by atoms with Crippen molar-refractivity contribution in [2.75, 3.05) is 0 Å². The van der Waals surface area contributed by atoms with Crippen LogP contribution in [0.4, 0.5) is 0 Å². The summed E-state index contributed by atoms with van der Waals surface area (Å²) in [5.74, 6) is 15.5. The van der Waals surface area contributed by atoms with Crippen molar-refractivity contribution in [3.63, 3.8) is 0 Å². The summed E-state index contributed by atoms with van der Waals surface area (Å²) in [4.78, 5) is 0. The van der Waals surface area contributed by atoms with Gasteiger partial charge in [0.05, 0.1) is 0 Å². The minimum Gasteiger partial charge on any atom is -0.151 e. The molecule has 0 saturated heterocycles. The minimum absolute atomic E-state index is 1.74. The summed E-state index contributed by atoms with van der Waals surface area (Å²) in [6.07, 6.45) is 0. The van der Waals surface area contributed by atoms with Gasteiger partial charge in [-0.15, -0.1) is 0 Å². The number of rotatable bonds is 0. The van der Waals surface area contributed by atoms with Crippen LogP contribution in [-0.2, 0) is 0 Å². The van der Waals surface area contributed by atoms with Gasteiger partial charge in [0.15, 0.2) is 7.85 Å². The van der Waals surface area contributed by atoms with Gasteiger partial charge in [0.25, 0.3) is 0 Å². The predicted octanol–water partition coefficient (Wildman–Crippen LogP) is -0.393. The minimum atomic E-state index is 1.74. The van der Waals surface area contributed by atoms with Crippen molar-refractivity contribution >= 4 is 7.85 Å². The summed E-state index contributed by atoms with van der Waals surface area (Å²) >= 11 is 0. The maximum atomic E-state index is 2.64. The molecule has 0 atom stereocenters. The van der Waals surface area contributed by atoms with Crippen LogP contribution >= 0.6 is 0 Å². The molecule has 0 aliphatic carbocycles. The Morgan fingerprint density at radius 3 is 2.12 bits per heavy atom. The predicted molar refractivity (Wildman–Crippen MR) is 37.5 cm³/mol. The van der Waals surface area contributed by atoms with E-state index in [4.69, 9.17) is 0 Å². The number of hydrogen-bond acceptors (Lipinski definition) is 0. The molecule has 0 unspecified atom stereocenters. The first-order valence-electron chi connectivity index (χ1n) is 2.25. The molecule has 0 aromatic carbocycles. The third-order valence-corrected chi connectivity index (χ3v) is 0.438. The Morgan fingerprint density at radius 1 is 1.00 bits per heavy atom. The average molecular weight is 99.9 g/mol. The van der Waals surface area contributed by atoms with E-state index >= 15 is 0 Å². The van der Waals surface area contributed by atoms with E-state index in [0.29, 0.717) is 0 Å². The van der Waals surface area contributed by atoms with Crippen molar-refractivity contribution in [1.82, 2.24) is 0 Å². The zero-order chi connectivity index (χ0) is 6.24. The summed E-state index contributed by atoms with van der Waals surface area (Å²) in [5.41, 5.74) is 0. The van der Waals surface area contributed by atoms with Gasteiger partial charge < -0.3 is 0 Å². The smallest absolute Gasteiger partial charge is 0.151 e. The van der Waals surface area contributed by atoms with Gasteiger partial charge in [0.2, 0.25) is 0 Å². The Kier molecular flexibility index (Phi) is 4.84. The van der Waals surface area contributed by atoms with Crippen LogP contribution in [0.5, 0.6) is 0 Å². The molecule has 0 fully saturated rings. The number of hydrogen-bond donors (Lipinski definition) is 0. The first-order valence-corrected chi connectivity index (χ1v) is 2.25. The molecular formula is C7H5B. The van der Waals surface area contributed by atoms with E-state index in [1.54, 1.807) is 14.8 Å². The highest BCUT2D eigenvalue weighted by Gasteiger charge is 1.48. The van der Waals surface area contributed by atoms with Crippen LogP contribution in [0, 0.1) is 35.4 Å². The van der Waals surface area contributed by atoms with Gasteiger partial charge in [-0.05, 0) is 30.6 Å². The molecule has 0 N–H and O–H groups in total. The van der Waals surface area contributed by atoms with Crippen LogP contribution < -0.4 is 0 Å². The molecule has 0 aromatic heterocycles. The Bertz CT molecular complexity index is 194. The highest BCUT2D eigenvalue weighted by Crippen LogP contribution is 1.50. The van der Waals surface area contributed by atoms with Crippen LogP contribution in [0.15, 0.2) is 0 Å². The second-order valence-electron chi connectivity index (χ2n) is 1.00. The highest BCUT2D eigenvalue weighted by atomic mass is 13.5. The molecule has 0 radical (unpaired) electrons. The molecule has 0 amide bonds. The normalized spacial score (nSPS) is 3.62. The van der Waals surface area contributed by atoms with Crippen molar-refractivity contribution < 1.29 is 0 Å². The van der Waals surface area contributed by atoms with Crippen molar-refractivity contribution in [3.05, 3.63) is 0 Å². The van der Waals surface area contributed by atoms with Gasteiger partial charge in [0.1, 0.15) is 0 Å². The molecule has 36 valence electrons. The fourth-order valence-corrected chi connectivity index (χ4v) is 0.188. The molecule has 0 spiro atoms. The summed E-state index contributed by atoms with van der Waals surface area (Å²) in [6.45, 7) is 1.74. The topological polar surface area (TPSA) is 0 Å². The summed E-state index contributed by atoms with van der Waals surface area (Å²) < 4.78 is 0. The van der Waals surface area contributed by atoms with Crippen LogP contribution in [-0.4, -0.2) is 7.85 Å². The zero-order valence-electron chi connectivity index (χ0n) is 5.00. The average Bonchev–Trinajstić information content (AvgIpc) is 1.81. The van der Waals surface area contributed by atoms with E-state index in [-0.39, 0.29) is 0 Å². The Balaban J connectivity index is 3.75. The molecule has 0 aliphatic heterocycles. The Hall–Kier alpha value is -1.26. The molecule has 0 heterocycles. The van der Waals surface area contributed by atoms with Crippen LogP contribution in [0.3, 0.4) is 0 Å². The summed E-state index contributed by atoms with van der Waals surface area (Å²) in [6, 6.07) is 0. The lowest BCUT2D eigenvalue weighted by Gasteiger charge is -1.52. The van der Waals surface area contributed by atoms with Crippen molar-refractivity contribution in [3.8, 4) is 35.4 Å². The molecule has 0 aliphatic rings. The van der Waals surface area contributed by atoms with E-state index in [1.807, 2.05) is 0 Å². The van der Waals surface area contributed by atoms with Gasteiger partial charge in [-0.25, -0.2) is 0 Å². The summed E-state index contributed by atoms with van der Waals surface area (Å²) in [5, 5.41) is 0. The second kappa shape index (κ2) is 5.74. The van der Waals surface area contributed by atoms with Gasteiger partial charge in [-0.1, -0.05) is 5.92 Å². The lowest BCUT2D eigenvalue weighted by Crippen LogP contribution is -1.52. The SMILES string of the molecule is BC#CC#CC#CC. The molecule has 0 nitrogen and oxygen atoms in total. The second-order valence-corrected chi connectivity index (χ2v) is 1.00. The van der Waals surface area contributed by atoms with Crippen LogP contribution in [0.25, 0.3) is 0 Å². The van der Waals surface area contributed by atoms with E-state index in [2.05, 4.69) is 35.4 Å². The standard InChI is InChI=1S/C7H5B/c1-2-3-4-5-6-7-8/h8H2,1H3. The highest BCUT2D eigenvalue weighted by molar-refractivity contribution is 6.22. The Morgan fingerprint density at radius 2 is 1.62 bits per heavy atom. The quantitative estimate of drug-likeness (QED) is 0.287. The van der Waals surface area contributed by atoms with Gasteiger partial charge in [-0.2, -0.15) is 5.82 Å². The van der Waals surface area contributed by atoms with Gasteiger partial charge in [-0.3, -0.25) is 0 Å². The molecule has 0 rings (SSSR count). The van der Waals surface area contributed by atoms with Crippen molar-refractivity contribution in [2.24, 2.45) is 0 Å². The monoisotopic (exact) mass is 100 g/mol. The molecule has 0 bridgehead atoms. The van der Waals surface area contributed by atoms with Crippen molar-refractivity contribution in [2.45, 2.75) is 6.92 Å². The maximum absolute atomic E-state index is 2.64. The van der Waals surface area contributed by atoms with Gasteiger partial charge >= 0.3 is 0 Å². The van der Waals surface area contributed by atoms with Crippen molar-refractivity contribution in [1.29, 1.82) is 0 Å². The zero-order valence-corrected chi connectivity index (χ0v) is 5.00. The molecule has 1 heteroatoms. The molecule has 8 heavy (non-hydrogen) atoms. The van der Waals surface area contributed by atoms with E-state index in [1.165, 1.54) is 0 Å². The Labute approximate surface area is 51.1 Å².